The molecule has 23 heavy (non-hydrogen) atoms. The van der Waals surface area contributed by atoms with Crippen LogP contribution >= 0.6 is 34.7 Å². The number of hydrogen-bond acceptors (Lipinski definition) is 4. The second-order valence-corrected chi connectivity index (χ2v) is 8.25. The Kier molecular flexibility index (Phi) is 7.40. The van der Waals surface area contributed by atoms with E-state index in [0.717, 1.165) is 33.8 Å². The first-order valence-electron chi connectivity index (χ1n) is 7.61. The molecule has 0 radical (unpaired) electrons. The number of rotatable bonds is 8. The fourth-order valence-corrected chi connectivity index (χ4v) is 3.82. The highest BCUT2D eigenvalue weighted by molar-refractivity contribution is 8.00. The van der Waals surface area contributed by atoms with Crippen molar-refractivity contribution in [3.05, 3.63) is 45.9 Å². The summed E-state index contributed by atoms with van der Waals surface area (Å²) in [5.41, 5.74) is 2.05. The van der Waals surface area contributed by atoms with Gasteiger partial charge in [0, 0.05) is 22.7 Å². The van der Waals surface area contributed by atoms with Gasteiger partial charge in [-0.1, -0.05) is 49.3 Å². The van der Waals surface area contributed by atoms with Gasteiger partial charge in [0.15, 0.2) is 0 Å². The zero-order valence-corrected chi connectivity index (χ0v) is 15.7. The van der Waals surface area contributed by atoms with Crippen LogP contribution in [0.5, 0.6) is 0 Å². The number of carbonyl (C=O) groups excluding carboxylic acids is 1. The second-order valence-electron chi connectivity index (χ2n) is 5.73. The van der Waals surface area contributed by atoms with E-state index in [1.807, 2.05) is 29.6 Å². The largest absolute Gasteiger partial charge is 0.356 e. The van der Waals surface area contributed by atoms with Crippen LogP contribution in [0, 0.1) is 5.92 Å². The summed E-state index contributed by atoms with van der Waals surface area (Å²) in [6.45, 7) is 5.03. The maximum atomic E-state index is 11.8. The summed E-state index contributed by atoms with van der Waals surface area (Å²) >= 11 is 9.15. The SMILES string of the molecule is CC(C)CCNC(=O)Cc1csc(SCc2ccc(Cl)cc2)n1. The van der Waals surface area contributed by atoms with Gasteiger partial charge in [0.1, 0.15) is 4.34 Å². The first kappa shape index (κ1) is 18.3. The van der Waals surface area contributed by atoms with E-state index in [1.54, 1.807) is 23.1 Å². The number of thiazole rings is 1. The van der Waals surface area contributed by atoms with Gasteiger partial charge in [-0.3, -0.25) is 4.79 Å². The molecule has 0 aliphatic rings. The average molecular weight is 369 g/mol. The number of hydrogen-bond donors (Lipinski definition) is 1. The Hall–Kier alpha value is -1.04. The first-order valence-corrected chi connectivity index (χ1v) is 9.85. The molecule has 2 rings (SSSR count). The second kappa shape index (κ2) is 9.30. The van der Waals surface area contributed by atoms with Gasteiger partial charge in [0.25, 0.3) is 0 Å². The van der Waals surface area contributed by atoms with Crippen molar-refractivity contribution in [1.82, 2.24) is 10.3 Å². The highest BCUT2D eigenvalue weighted by atomic mass is 35.5. The van der Waals surface area contributed by atoms with Crippen molar-refractivity contribution >= 4 is 40.6 Å². The third-order valence-electron chi connectivity index (χ3n) is 3.19. The predicted molar refractivity (Wildman–Crippen MR) is 99.3 cm³/mol. The van der Waals surface area contributed by atoms with Crippen LogP contribution in [0.2, 0.25) is 5.02 Å². The van der Waals surface area contributed by atoms with Gasteiger partial charge < -0.3 is 5.32 Å². The molecule has 0 saturated carbocycles. The van der Waals surface area contributed by atoms with E-state index in [2.05, 4.69) is 24.1 Å². The number of nitrogens with zero attached hydrogens (tertiary/aromatic N) is 1. The van der Waals surface area contributed by atoms with Gasteiger partial charge in [-0.15, -0.1) is 11.3 Å². The molecule has 1 amide bonds. The van der Waals surface area contributed by atoms with Crippen LogP contribution in [0.1, 0.15) is 31.5 Å². The molecule has 1 heterocycles. The number of benzene rings is 1. The number of halogens is 1. The van der Waals surface area contributed by atoms with Gasteiger partial charge in [-0.05, 0) is 30.0 Å². The topological polar surface area (TPSA) is 42.0 Å². The summed E-state index contributed by atoms with van der Waals surface area (Å²) in [6, 6.07) is 7.83. The molecular weight excluding hydrogens is 348 g/mol. The molecule has 1 aromatic carbocycles. The monoisotopic (exact) mass is 368 g/mol. The van der Waals surface area contributed by atoms with Crippen LogP contribution in [0.15, 0.2) is 34.0 Å². The molecule has 6 heteroatoms. The van der Waals surface area contributed by atoms with Crippen molar-refractivity contribution in [3.63, 3.8) is 0 Å². The van der Waals surface area contributed by atoms with Crippen LogP contribution in [-0.2, 0) is 17.0 Å². The lowest BCUT2D eigenvalue weighted by molar-refractivity contribution is -0.120. The van der Waals surface area contributed by atoms with Crippen molar-refractivity contribution in [2.75, 3.05) is 6.54 Å². The highest BCUT2D eigenvalue weighted by Crippen LogP contribution is 2.26. The third kappa shape index (κ3) is 6.94. The summed E-state index contributed by atoms with van der Waals surface area (Å²) in [7, 11) is 0. The zero-order chi connectivity index (χ0) is 16.7. The standard InChI is InChI=1S/C17H21ClN2OS2/c1-12(2)7-8-19-16(21)9-15-11-23-17(20-15)22-10-13-3-5-14(18)6-4-13/h3-6,11-12H,7-10H2,1-2H3,(H,19,21). The number of amides is 1. The molecule has 3 nitrogen and oxygen atoms in total. The van der Waals surface area contributed by atoms with E-state index in [9.17, 15) is 4.79 Å². The van der Waals surface area contributed by atoms with E-state index in [-0.39, 0.29) is 5.91 Å². The van der Waals surface area contributed by atoms with Crippen LogP contribution in [0.4, 0.5) is 0 Å². The number of nitrogens with one attached hydrogen (secondary N) is 1. The minimum atomic E-state index is 0.0465. The zero-order valence-electron chi connectivity index (χ0n) is 13.3. The molecule has 2 aromatic rings. The van der Waals surface area contributed by atoms with E-state index in [0.29, 0.717) is 12.3 Å². The van der Waals surface area contributed by atoms with E-state index < -0.39 is 0 Å². The number of aromatic nitrogens is 1. The predicted octanol–water partition coefficient (Wildman–Crippen LogP) is 4.79. The molecular formula is C17H21ClN2OS2. The lowest BCUT2D eigenvalue weighted by Crippen LogP contribution is -2.26. The number of thioether (sulfide) groups is 1. The molecule has 0 atom stereocenters. The molecule has 124 valence electrons. The Labute approximate surface area is 150 Å². The molecule has 0 bridgehead atoms. The van der Waals surface area contributed by atoms with Crippen LogP contribution in [0.25, 0.3) is 0 Å². The van der Waals surface area contributed by atoms with Gasteiger partial charge in [-0.25, -0.2) is 4.98 Å². The molecule has 1 aromatic heterocycles. The Morgan fingerprint density at radius 3 is 2.78 bits per heavy atom. The summed E-state index contributed by atoms with van der Waals surface area (Å²) in [6.07, 6.45) is 1.36. The minimum Gasteiger partial charge on any atom is -0.356 e. The maximum absolute atomic E-state index is 11.8. The summed E-state index contributed by atoms with van der Waals surface area (Å²) < 4.78 is 0.991. The maximum Gasteiger partial charge on any atom is 0.226 e. The summed E-state index contributed by atoms with van der Waals surface area (Å²) in [4.78, 5) is 16.4. The number of carbonyl (C=O) groups is 1. The molecule has 0 fully saturated rings. The van der Waals surface area contributed by atoms with Gasteiger partial charge in [0.2, 0.25) is 5.91 Å². The van der Waals surface area contributed by atoms with Crippen molar-refractivity contribution in [2.24, 2.45) is 5.92 Å². The van der Waals surface area contributed by atoms with Crippen molar-refractivity contribution < 1.29 is 4.79 Å². The fourth-order valence-electron chi connectivity index (χ4n) is 1.89. The Morgan fingerprint density at radius 1 is 1.35 bits per heavy atom. The molecule has 1 N–H and O–H groups in total. The van der Waals surface area contributed by atoms with Crippen molar-refractivity contribution in [1.29, 1.82) is 0 Å². The highest BCUT2D eigenvalue weighted by Gasteiger charge is 2.08. The van der Waals surface area contributed by atoms with Crippen LogP contribution in [0.3, 0.4) is 0 Å². The Bertz CT molecular complexity index is 626. The summed E-state index contributed by atoms with van der Waals surface area (Å²) in [5.74, 6) is 1.50. The molecule has 0 aliphatic carbocycles. The first-order chi connectivity index (χ1) is 11.0. The van der Waals surface area contributed by atoms with Gasteiger partial charge in [0.05, 0.1) is 12.1 Å². The van der Waals surface area contributed by atoms with Crippen molar-refractivity contribution in [2.45, 2.75) is 36.8 Å². The van der Waals surface area contributed by atoms with Gasteiger partial charge in [-0.2, -0.15) is 0 Å². The van der Waals surface area contributed by atoms with Crippen LogP contribution < -0.4 is 5.32 Å². The lowest BCUT2D eigenvalue weighted by atomic mass is 10.1. The Morgan fingerprint density at radius 2 is 2.09 bits per heavy atom. The Balaban J connectivity index is 1.76. The van der Waals surface area contributed by atoms with Gasteiger partial charge >= 0.3 is 0 Å². The third-order valence-corrected chi connectivity index (χ3v) is 5.58. The summed E-state index contributed by atoms with van der Waals surface area (Å²) in [5, 5.41) is 5.65. The van der Waals surface area contributed by atoms with Crippen molar-refractivity contribution in [3.8, 4) is 0 Å². The lowest BCUT2D eigenvalue weighted by Gasteiger charge is -2.05. The van der Waals surface area contributed by atoms with E-state index >= 15 is 0 Å². The molecule has 0 unspecified atom stereocenters. The molecule has 0 saturated heterocycles. The van der Waals surface area contributed by atoms with Crippen LogP contribution in [-0.4, -0.2) is 17.4 Å². The smallest absolute Gasteiger partial charge is 0.226 e. The molecule has 0 spiro atoms. The van der Waals surface area contributed by atoms with E-state index in [1.165, 1.54) is 5.56 Å². The normalized spacial score (nSPS) is 11.0. The van der Waals surface area contributed by atoms with E-state index in [4.69, 9.17) is 11.6 Å². The quantitative estimate of drug-likeness (QED) is 0.681. The molecule has 0 aliphatic heterocycles. The minimum absolute atomic E-state index is 0.0465. The average Bonchev–Trinajstić information content (AvgIpc) is 2.93. The fraction of sp³-hybridized carbons (Fsp3) is 0.412.